The van der Waals surface area contributed by atoms with E-state index in [9.17, 15) is 9.18 Å². The summed E-state index contributed by atoms with van der Waals surface area (Å²) in [6, 6.07) is 3.31. The number of pyridine rings is 1. The van der Waals surface area contributed by atoms with Gasteiger partial charge in [-0.2, -0.15) is 9.37 Å². The third-order valence-electron chi connectivity index (χ3n) is 5.35. The lowest BCUT2D eigenvalue weighted by Gasteiger charge is -2.41. The van der Waals surface area contributed by atoms with Crippen LogP contribution >= 0.6 is 0 Å². The molecule has 3 aromatic rings. The van der Waals surface area contributed by atoms with Crippen molar-refractivity contribution in [2.75, 3.05) is 38.3 Å². The number of amides is 1. The van der Waals surface area contributed by atoms with E-state index in [0.717, 1.165) is 0 Å². The summed E-state index contributed by atoms with van der Waals surface area (Å²) in [6.45, 7) is 7.01. The molecule has 11 heteroatoms. The second-order valence-electron chi connectivity index (χ2n) is 9.22. The number of hydrogen-bond acceptors (Lipinski definition) is 8. The monoisotopic (exact) mass is 493 g/mol. The molecule has 3 aromatic heterocycles. The maximum Gasteiger partial charge on any atom is 0.410 e. The van der Waals surface area contributed by atoms with Gasteiger partial charge in [0.05, 0.1) is 18.8 Å². The number of anilines is 1. The molecular formula is C25H28FN7O3. The minimum atomic E-state index is -0.763. The number of ether oxygens (including phenoxy) is 2. The number of imidazole rings is 1. The molecule has 0 bridgehead atoms. The van der Waals surface area contributed by atoms with Crippen LogP contribution in [0.4, 0.5) is 15.0 Å². The minimum Gasteiger partial charge on any atom is -0.444 e. The van der Waals surface area contributed by atoms with Crippen LogP contribution in [0.1, 0.15) is 32.0 Å². The van der Waals surface area contributed by atoms with E-state index in [1.54, 1.807) is 53.6 Å². The van der Waals surface area contributed by atoms with E-state index in [1.165, 1.54) is 6.20 Å². The molecule has 4 rings (SSSR count). The predicted molar refractivity (Wildman–Crippen MR) is 130 cm³/mol. The molecule has 0 spiro atoms. The van der Waals surface area contributed by atoms with Crippen LogP contribution in [0.5, 0.6) is 0 Å². The molecule has 0 radical (unpaired) electrons. The number of carbonyl (C=O) groups excluding carboxylic acids is 1. The number of hydrogen-bond donors (Lipinski definition) is 0. The lowest BCUT2D eigenvalue weighted by atomic mass is 10.1. The van der Waals surface area contributed by atoms with Crippen LogP contribution < -0.4 is 4.90 Å². The first-order chi connectivity index (χ1) is 17.2. The van der Waals surface area contributed by atoms with Crippen LogP contribution in [-0.2, 0) is 9.47 Å². The smallest absolute Gasteiger partial charge is 0.410 e. The maximum absolute atomic E-state index is 14.8. The molecular weight excluding hydrogens is 465 g/mol. The molecule has 36 heavy (non-hydrogen) atoms. The predicted octanol–water partition coefficient (Wildman–Crippen LogP) is 2.67. The molecule has 4 heterocycles. The van der Waals surface area contributed by atoms with Crippen LogP contribution in [0.2, 0.25) is 0 Å². The summed E-state index contributed by atoms with van der Waals surface area (Å²) < 4.78 is 27.4. The molecule has 1 saturated heterocycles. The van der Waals surface area contributed by atoms with Gasteiger partial charge in [-0.1, -0.05) is 5.92 Å². The van der Waals surface area contributed by atoms with Gasteiger partial charge >= 0.3 is 6.09 Å². The first-order valence-corrected chi connectivity index (χ1v) is 11.5. The van der Waals surface area contributed by atoms with Crippen molar-refractivity contribution >= 4 is 11.9 Å². The average Bonchev–Trinajstić information content (AvgIpc) is 3.38. The van der Waals surface area contributed by atoms with E-state index in [-0.39, 0.29) is 11.7 Å². The molecule has 1 aliphatic rings. The second-order valence-corrected chi connectivity index (χ2v) is 9.22. The van der Waals surface area contributed by atoms with Crippen LogP contribution in [0, 0.1) is 17.8 Å². The standard InChI is InChI=1S/C25H28FN7O3/c1-25(2,3)36-24(34)33-12-11-31(15-19(33)16-35-4)22-14-28-20(23(26)30-22)7-5-18-6-8-21(29-13-18)32-10-9-27-17-32/h6,8-10,13-14,17,19H,11-12,15-16H2,1-4H3/t19-/m1/s1. The third-order valence-corrected chi connectivity index (χ3v) is 5.35. The number of aromatic nitrogens is 5. The number of methoxy groups -OCH3 is 1. The van der Waals surface area contributed by atoms with Crippen LogP contribution in [0.3, 0.4) is 0 Å². The van der Waals surface area contributed by atoms with Crippen molar-refractivity contribution in [1.82, 2.24) is 29.4 Å². The van der Waals surface area contributed by atoms with Crippen molar-refractivity contribution < 1.29 is 18.7 Å². The lowest BCUT2D eigenvalue weighted by molar-refractivity contribution is 0.00336. The topological polar surface area (TPSA) is 98.5 Å². The van der Waals surface area contributed by atoms with Gasteiger partial charge in [0.2, 0.25) is 5.95 Å². The summed E-state index contributed by atoms with van der Waals surface area (Å²) >= 11 is 0. The van der Waals surface area contributed by atoms with E-state index in [2.05, 4.69) is 31.8 Å². The number of halogens is 1. The van der Waals surface area contributed by atoms with Crippen molar-refractivity contribution in [3.63, 3.8) is 0 Å². The van der Waals surface area contributed by atoms with Gasteiger partial charge in [-0.15, -0.1) is 0 Å². The Morgan fingerprint density at radius 1 is 1.17 bits per heavy atom. The molecule has 0 aromatic carbocycles. The van der Waals surface area contributed by atoms with Crippen LogP contribution in [0.15, 0.2) is 43.2 Å². The summed E-state index contributed by atoms with van der Waals surface area (Å²) in [4.78, 5) is 32.7. The summed E-state index contributed by atoms with van der Waals surface area (Å²) in [7, 11) is 1.57. The van der Waals surface area contributed by atoms with Gasteiger partial charge in [-0.25, -0.2) is 19.7 Å². The van der Waals surface area contributed by atoms with Gasteiger partial charge in [-0.3, -0.25) is 9.47 Å². The largest absolute Gasteiger partial charge is 0.444 e. The highest BCUT2D eigenvalue weighted by Gasteiger charge is 2.34. The molecule has 0 unspecified atom stereocenters. The zero-order valence-corrected chi connectivity index (χ0v) is 20.7. The SMILES string of the molecule is COC[C@H]1CN(c2cnc(C#Cc3ccc(-n4ccnc4)nc3)c(F)n2)CCN1C(=O)OC(C)(C)C. The fraction of sp³-hybridized carbons (Fsp3) is 0.400. The van der Waals surface area contributed by atoms with Gasteiger partial charge < -0.3 is 14.4 Å². The molecule has 0 N–H and O–H groups in total. The fourth-order valence-corrected chi connectivity index (χ4v) is 3.69. The third kappa shape index (κ3) is 6.14. The van der Waals surface area contributed by atoms with Crippen LogP contribution in [0.25, 0.3) is 5.82 Å². The molecule has 1 atom stereocenters. The van der Waals surface area contributed by atoms with Crippen molar-refractivity contribution in [3.05, 3.63) is 60.5 Å². The number of nitrogens with zero attached hydrogens (tertiary/aromatic N) is 7. The Labute approximate surface area is 209 Å². The Balaban J connectivity index is 1.44. The molecule has 188 valence electrons. The molecule has 0 saturated carbocycles. The maximum atomic E-state index is 14.8. The second kappa shape index (κ2) is 10.7. The number of piperazine rings is 1. The van der Waals surface area contributed by atoms with Crippen molar-refractivity contribution in [1.29, 1.82) is 0 Å². The molecule has 1 fully saturated rings. The van der Waals surface area contributed by atoms with Gasteiger partial charge in [0.15, 0.2) is 11.5 Å². The molecule has 10 nitrogen and oxygen atoms in total. The van der Waals surface area contributed by atoms with E-state index in [1.807, 2.05) is 25.7 Å². The lowest BCUT2D eigenvalue weighted by Crippen LogP contribution is -2.58. The van der Waals surface area contributed by atoms with E-state index >= 15 is 0 Å². The Kier molecular flexibility index (Phi) is 7.45. The zero-order valence-electron chi connectivity index (χ0n) is 20.7. The molecule has 0 aliphatic carbocycles. The summed E-state index contributed by atoms with van der Waals surface area (Å²) in [5, 5.41) is 0. The van der Waals surface area contributed by atoms with Crippen molar-refractivity contribution in [2.45, 2.75) is 32.4 Å². The van der Waals surface area contributed by atoms with Gasteiger partial charge in [-0.05, 0) is 38.8 Å². The highest BCUT2D eigenvalue weighted by atomic mass is 19.1. The normalized spacial score (nSPS) is 15.9. The molecule has 1 aliphatic heterocycles. The summed E-state index contributed by atoms with van der Waals surface area (Å²) in [6.07, 6.45) is 7.78. The zero-order chi connectivity index (χ0) is 25.7. The van der Waals surface area contributed by atoms with E-state index < -0.39 is 17.6 Å². The summed E-state index contributed by atoms with van der Waals surface area (Å²) in [5.41, 5.74) is -0.0433. The summed E-state index contributed by atoms with van der Waals surface area (Å²) in [5.74, 6) is 5.89. The van der Waals surface area contributed by atoms with Gasteiger partial charge in [0.25, 0.3) is 0 Å². The number of rotatable bonds is 4. The van der Waals surface area contributed by atoms with Crippen molar-refractivity contribution in [2.24, 2.45) is 0 Å². The van der Waals surface area contributed by atoms with E-state index in [0.29, 0.717) is 43.4 Å². The Morgan fingerprint density at radius 2 is 2.00 bits per heavy atom. The highest BCUT2D eigenvalue weighted by Crippen LogP contribution is 2.20. The fourth-order valence-electron chi connectivity index (χ4n) is 3.69. The van der Waals surface area contributed by atoms with Gasteiger partial charge in [0.1, 0.15) is 17.7 Å². The number of carbonyl (C=O) groups is 1. The first-order valence-electron chi connectivity index (χ1n) is 11.5. The Bertz CT molecular complexity index is 1250. The first kappa shape index (κ1) is 25.1. The van der Waals surface area contributed by atoms with Crippen molar-refractivity contribution in [3.8, 4) is 17.7 Å². The Hall–Kier alpha value is -4.04. The Morgan fingerprint density at radius 3 is 2.64 bits per heavy atom. The van der Waals surface area contributed by atoms with E-state index in [4.69, 9.17) is 9.47 Å². The average molecular weight is 494 g/mol. The van der Waals surface area contributed by atoms with Crippen LogP contribution in [-0.4, -0.2) is 80.5 Å². The minimum absolute atomic E-state index is 0.0572. The molecule has 1 amide bonds. The van der Waals surface area contributed by atoms with Gasteiger partial charge in [0, 0.05) is 50.9 Å². The quantitative estimate of drug-likeness (QED) is 0.512. The highest BCUT2D eigenvalue weighted by molar-refractivity contribution is 5.69.